The first kappa shape index (κ1) is 23.5. The minimum absolute atomic E-state index is 0.0167. The second-order valence-corrected chi connectivity index (χ2v) is 9.53. The van der Waals surface area contributed by atoms with Crippen LogP contribution in [0.1, 0.15) is 70.7 Å². The number of benzene rings is 1. The number of alkyl halides is 3. The van der Waals surface area contributed by atoms with Crippen LogP contribution >= 0.6 is 0 Å². The van der Waals surface area contributed by atoms with Gasteiger partial charge < -0.3 is 9.88 Å². The van der Waals surface area contributed by atoms with Crippen LogP contribution in [-0.4, -0.2) is 30.6 Å². The van der Waals surface area contributed by atoms with Gasteiger partial charge >= 0.3 is 6.18 Å². The van der Waals surface area contributed by atoms with Gasteiger partial charge in [-0.25, -0.2) is 0 Å². The first-order chi connectivity index (χ1) is 16.7. The molecule has 3 aromatic rings. The van der Waals surface area contributed by atoms with E-state index < -0.39 is 11.7 Å². The van der Waals surface area contributed by atoms with E-state index >= 15 is 0 Å². The summed E-state index contributed by atoms with van der Waals surface area (Å²) in [5, 5.41) is 11.3. The highest BCUT2D eigenvalue weighted by Crippen LogP contribution is 2.39. The fourth-order valence-electron chi connectivity index (χ4n) is 5.06. The third-order valence-corrected chi connectivity index (χ3v) is 6.70. The molecule has 2 aliphatic heterocycles. The van der Waals surface area contributed by atoms with E-state index in [1.54, 1.807) is 6.20 Å². The number of halogens is 3. The number of carbonyl (C=O) groups excluding carboxylic acids is 1. The molecule has 0 aliphatic carbocycles. The van der Waals surface area contributed by atoms with Crippen LogP contribution in [0.15, 0.2) is 36.5 Å². The van der Waals surface area contributed by atoms with Gasteiger partial charge in [0.05, 0.1) is 29.4 Å². The van der Waals surface area contributed by atoms with Gasteiger partial charge in [-0.05, 0) is 41.7 Å². The minimum Gasteiger partial charge on any atom is -0.345 e. The molecule has 0 spiro atoms. The Bertz CT molecular complexity index is 1230. The number of carbonyl (C=O) groups is 1. The molecule has 0 saturated carbocycles. The number of rotatable bonds is 6. The number of nitrogens with one attached hydrogen (secondary N) is 1. The first-order valence-corrected chi connectivity index (χ1v) is 11.8. The number of hydrogen-bond acceptors (Lipinski definition) is 5. The predicted octanol–water partition coefficient (Wildman–Crippen LogP) is 4.28. The summed E-state index contributed by atoms with van der Waals surface area (Å²) < 4.78 is 40.8. The normalized spacial score (nSPS) is 17.6. The molecular formula is C25H27F3N6O. The van der Waals surface area contributed by atoms with Gasteiger partial charge in [0.15, 0.2) is 5.82 Å². The molecule has 1 aromatic carbocycles. The quantitative estimate of drug-likeness (QED) is 0.565. The molecule has 5 rings (SSSR count). The van der Waals surface area contributed by atoms with Crippen molar-refractivity contribution in [2.75, 3.05) is 0 Å². The lowest BCUT2D eigenvalue weighted by Gasteiger charge is -2.27. The molecule has 10 heteroatoms. The topological polar surface area (TPSA) is 75.9 Å². The molecule has 2 aliphatic rings. The molecule has 1 N–H and O–H groups in total. The average molecular weight is 485 g/mol. The predicted molar refractivity (Wildman–Crippen MR) is 122 cm³/mol. The molecule has 2 aromatic heterocycles. The van der Waals surface area contributed by atoms with E-state index in [2.05, 4.69) is 39.2 Å². The summed E-state index contributed by atoms with van der Waals surface area (Å²) in [5.41, 5.74) is 2.50. The van der Waals surface area contributed by atoms with Crippen LogP contribution in [0.4, 0.5) is 13.2 Å². The summed E-state index contributed by atoms with van der Waals surface area (Å²) in [5.74, 6) is 1.73. The Hall–Kier alpha value is -3.27. The Morgan fingerprint density at radius 2 is 1.97 bits per heavy atom. The van der Waals surface area contributed by atoms with E-state index in [1.807, 2.05) is 10.6 Å². The highest BCUT2D eigenvalue weighted by Gasteiger charge is 2.35. The summed E-state index contributed by atoms with van der Waals surface area (Å²) in [4.78, 5) is 19.7. The molecule has 0 fully saturated rings. The third-order valence-electron chi connectivity index (χ3n) is 6.70. The zero-order chi connectivity index (χ0) is 24.7. The molecule has 0 saturated heterocycles. The molecule has 1 atom stereocenters. The number of amides is 1. The number of hydrogen-bond donors (Lipinski definition) is 1. The lowest BCUT2D eigenvalue weighted by Crippen LogP contribution is -2.26. The van der Waals surface area contributed by atoms with Gasteiger partial charge in [0.25, 0.3) is 5.91 Å². The second kappa shape index (κ2) is 9.07. The highest BCUT2D eigenvalue weighted by atomic mass is 19.4. The van der Waals surface area contributed by atoms with E-state index in [4.69, 9.17) is 0 Å². The van der Waals surface area contributed by atoms with Gasteiger partial charge in [-0.3, -0.25) is 14.7 Å². The van der Waals surface area contributed by atoms with Gasteiger partial charge in [-0.2, -0.15) is 13.2 Å². The van der Waals surface area contributed by atoms with E-state index in [9.17, 15) is 18.0 Å². The zero-order valence-corrected chi connectivity index (χ0v) is 19.6. The number of fused-ring (bicyclic) bond motifs is 2. The Morgan fingerprint density at radius 1 is 1.20 bits per heavy atom. The van der Waals surface area contributed by atoms with Crippen LogP contribution in [0.3, 0.4) is 0 Å². The van der Waals surface area contributed by atoms with Crippen LogP contribution in [0, 0.1) is 5.92 Å². The fourth-order valence-corrected chi connectivity index (χ4v) is 5.06. The molecule has 184 valence electrons. The van der Waals surface area contributed by atoms with E-state index in [-0.39, 0.29) is 17.9 Å². The second-order valence-electron chi connectivity index (χ2n) is 9.53. The molecule has 0 bridgehead atoms. The standard InChI is InChI=1S/C25H27F3N6O/c1-15(2)23-22-18(14-33(23)13-16-5-7-19(8-6-16)25(26,27)28)10-17(11-29-22)24(35)30-12-21-32-31-20-4-3-9-34(20)21/h5-8,10-11,15,23H,3-4,9,12-14H2,1-2H3,(H,30,35)/t23-/m0/s1. The summed E-state index contributed by atoms with van der Waals surface area (Å²) in [7, 11) is 0. The zero-order valence-electron chi connectivity index (χ0n) is 19.6. The van der Waals surface area contributed by atoms with Gasteiger partial charge in [0.2, 0.25) is 0 Å². The number of aryl methyl sites for hydroxylation is 1. The van der Waals surface area contributed by atoms with Gasteiger partial charge in [0.1, 0.15) is 5.82 Å². The summed E-state index contributed by atoms with van der Waals surface area (Å²) in [6, 6.07) is 7.17. The van der Waals surface area contributed by atoms with Crippen molar-refractivity contribution in [1.29, 1.82) is 0 Å². The minimum atomic E-state index is -4.35. The first-order valence-electron chi connectivity index (χ1n) is 11.8. The van der Waals surface area contributed by atoms with Crippen LogP contribution < -0.4 is 5.32 Å². The van der Waals surface area contributed by atoms with Crippen molar-refractivity contribution in [3.05, 3.63) is 76.1 Å². The number of aromatic nitrogens is 4. The SMILES string of the molecule is CC(C)[C@H]1c2ncc(C(=O)NCc3nnc4n3CCC4)cc2CN1Cc1ccc(C(F)(F)F)cc1. The maximum absolute atomic E-state index is 12.9. The Morgan fingerprint density at radius 3 is 2.69 bits per heavy atom. The van der Waals surface area contributed by atoms with Crippen molar-refractivity contribution in [3.63, 3.8) is 0 Å². The summed E-state index contributed by atoms with van der Waals surface area (Å²) >= 11 is 0. The fraction of sp³-hybridized carbons (Fsp3) is 0.440. The highest BCUT2D eigenvalue weighted by molar-refractivity contribution is 5.94. The van der Waals surface area contributed by atoms with Gasteiger partial charge in [-0.15, -0.1) is 10.2 Å². The van der Waals surface area contributed by atoms with Crippen molar-refractivity contribution < 1.29 is 18.0 Å². The smallest absolute Gasteiger partial charge is 0.345 e. The van der Waals surface area contributed by atoms with Crippen molar-refractivity contribution in [3.8, 4) is 0 Å². The monoisotopic (exact) mass is 484 g/mol. The van der Waals surface area contributed by atoms with Crippen LogP contribution in [0.2, 0.25) is 0 Å². The van der Waals surface area contributed by atoms with Crippen molar-refractivity contribution in [1.82, 2.24) is 30.0 Å². The Kier molecular flexibility index (Phi) is 6.08. The van der Waals surface area contributed by atoms with E-state index in [0.29, 0.717) is 25.2 Å². The van der Waals surface area contributed by atoms with E-state index in [1.165, 1.54) is 12.1 Å². The Labute approximate surface area is 201 Å². The molecule has 1 amide bonds. The largest absolute Gasteiger partial charge is 0.416 e. The van der Waals surface area contributed by atoms with Crippen molar-refractivity contribution in [2.24, 2.45) is 5.92 Å². The Balaban J connectivity index is 1.29. The molecular weight excluding hydrogens is 457 g/mol. The van der Waals surface area contributed by atoms with Crippen LogP contribution in [0.25, 0.3) is 0 Å². The molecule has 35 heavy (non-hydrogen) atoms. The molecule has 0 unspecified atom stereocenters. The lowest BCUT2D eigenvalue weighted by atomic mass is 9.99. The lowest BCUT2D eigenvalue weighted by molar-refractivity contribution is -0.137. The van der Waals surface area contributed by atoms with Crippen molar-refractivity contribution in [2.45, 2.75) is 65.1 Å². The van der Waals surface area contributed by atoms with Crippen LogP contribution in [-0.2, 0) is 38.8 Å². The average Bonchev–Trinajstić information content (AvgIpc) is 3.51. The maximum Gasteiger partial charge on any atom is 0.416 e. The van der Waals surface area contributed by atoms with Gasteiger partial charge in [0, 0.05) is 32.3 Å². The van der Waals surface area contributed by atoms with Crippen LogP contribution in [0.5, 0.6) is 0 Å². The molecule has 0 radical (unpaired) electrons. The number of nitrogens with zero attached hydrogens (tertiary/aromatic N) is 5. The molecule has 7 nitrogen and oxygen atoms in total. The molecule has 4 heterocycles. The van der Waals surface area contributed by atoms with E-state index in [0.717, 1.165) is 60.0 Å². The summed E-state index contributed by atoms with van der Waals surface area (Å²) in [6.45, 7) is 6.44. The number of pyridine rings is 1. The summed E-state index contributed by atoms with van der Waals surface area (Å²) in [6.07, 6.45) is -0.798. The van der Waals surface area contributed by atoms with Crippen molar-refractivity contribution >= 4 is 5.91 Å². The third kappa shape index (κ3) is 4.67. The maximum atomic E-state index is 12.9. The van der Waals surface area contributed by atoms with Gasteiger partial charge in [-0.1, -0.05) is 26.0 Å².